The van der Waals surface area contributed by atoms with Crippen molar-refractivity contribution in [3.05, 3.63) is 83.8 Å². The van der Waals surface area contributed by atoms with Gasteiger partial charge in [0, 0.05) is 47.3 Å². The van der Waals surface area contributed by atoms with Gasteiger partial charge in [-0.3, -0.25) is 4.98 Å². The van der Waals surface area contributed by atoms with Crippen molar-refractivity contribution in [3.63, 3.8) is 0 Å². The van der Waals surface area contributed by atoms with E-state index in [1.165, 1.54) is 0 Å². The predicted octanol–water partition coefficient (Wildman–Crippen LogP) is 4.51. The average molecular weight is 338 g/mol. The van der Waals surface area contributed by atoms with Crippen molar-refractivity contribution < 1.29 is 0 Å². The lowest BCUT2D eigenvalue weighted by Gasteiger charge is -2.07. The molecule has 0 bridgehead atoms. The zero-order valence-electron chi connectivity index (χ0n) is 14.5. The van der Waals surface area contributed by atoms with Gasteiger partial charge in [0.05, 0.1) is 11.6 Å². The number of anilines is 1. The first kappa shape index (κ1) is 15.9. The quantitative estimate of drug-likeness (QED) is 0.559. The highest BCUT2D eigenvalue weighted by molar-refractivity contribution is 5.98. The molecule has 0 aliphatic heterocycles. The van der Waals surface area contributed by atoms with Crippen LogP contribution < -0.4 is 5.73 Å². The number of nitriles is 1. The van der Waals surface area contributed by atoms with E-state index in [2.05, 4.69) is 33.9 Å². The lowest BCUT2D eigenvalue weighted by molar-refractivity contribution is 0.832. The first-order valence-electron chi connectivity index (χ1n) is 8.45. The molecule has 2 N–H and O–H groups in total. The molecule has 0 aliphatic rings. The first-order chi connectivity index (χ1) is 12.7. The van der Waals surface area contributed by atoms with E-state index in [1.54, 1.807) is 6.20 Å². The van der Waals surface area contributed by atoms with Gasteiger partial charge >= 0.3 is 0 Å². The van der Waals surface area contributed by atoms with Gasteiger partial charge in [0.2, 0.25) is 0 Å². The maximum atomic E-state index is 9.31. The molecular formula is C22H18N4. The summed E-state index contributed by atoms with van der Waals surface area (Å²) in [5.41, 5.74) is 13.0. The van der Waals surface area contributed by atoms with Crippen LogP contribution in [0.15, 0.2) is 67.1 Å². The van der Waals surface area contributed by atoms with Gasteiger partial charge in [0.1, 0.15) is 0 Å². The fourth-order valence-electron chi connectivity index (χ4n) is 3.35. The van der Waals surface area contributed by atoms with Crippen LogP contribution in [0.2, 0.25) is 0 Å². The molecule has 4 nitrogen and oxygen atoms in total. The van der Waals surface area contributed by atoms with Crippen molar-refractivity contribution in [3.8, 4) is 17.2 Å². The van der Waals surface area contributed by atoms with Crippen LogP contribution in [0.4, 0.5) is 5.69 Å². The molecule has 2 aromatic carbocycles. The van der Waals surface area contributed by atoms with Crippen LogP contribution in [0, 0.1) is 18.3 Å². The lowest BCUT2D eigenvalue weighted by Crippen LogP contribution is -1.98. The SMILES string of the molecule is Cc1c(N)cccc1-c1cn(Cc2cccnc2)c2ccc(C#N)cc12. The molecule has 4 heteroatoms. The molecule has 0 saturated heterocycles. The lowest BCUT2D eigenvalue weighted by atomic mass is 9.98. The number of rotatable bonds is 3. The highest BCUT2D eigenvalue weighted by Gasteiger charge is 2.14. The van der Waals surface area contributed by atoms with Crippen LogP contribution in [0.1, 0.15) is 16.7 Å². The Labute approximate surface area is 152 Å². The summed E-state index contributed by atoms with van der Waals surface area (Å²) >= 11 is 0. The summed E-state index contributed by atoms with van der Waals surface area (Å²) in [6, 6.07) is 18.0. The summed E-state index contributed by atoms with van der Waals surface area (Å²) in [6.45, 7) is 2.75. The van der Waals surface area contributed by atoms with Gasteiger partial charge in [0.25, 0.3) is 0 Å². The zero-order valence-corrected chi connectivity index (χ0v) is 14.5. The van der Waals surface area contributed by atoms with Crippen LogP contribution in [0.3, 0.4) is 0 Å². The van der Waals surface area contributed by atoms with E-state index in [9.17, 15) is 5.26 Å². The molecule has 0 unspecified atom stereocenters. The molecule has 0 amide bonds. The van der Waals surface area contributed by atoms with E-state index in [0.717, 1.165) is 45.4 Å². The van der Waals surface area contributed by atoms with E-state index in [-0.39, 0.29) is 0 Å². The Hall–Kier alpha value is -3.58. The minimum atomic E-state index is 0.652. The standard InChI is InChI=1S/C22H18N4/c1-15-18(5-2-6-21(15)24)20-14-26(13-17-4-3-9-25-12-17)22-8-7-16(11-23)10-19(20)22/h2-10,12,14H,13,24H2,1H3. The molecular weight excluding hydrogens is 320 g/mol. The van der Waals surface area contributed by atoms with Crippen LogP contribution in [-0.4, -0.2) is 9.55 Å². The number of nitrogen functional groups attached to an aromatic ring is 1. The molecule has 0 aliphatic carbocycles. The maximum absolute atomic E-state index is 9.31. The number of benzene rings is 2. The monoisotopic (exact) mass is 338 g/mol. The number of aromatic nitrogens is 2. The van der Waals surface area contributed by atoms with Crippen LogP contribution in [-0.2, 0) is 6.54 Å². The van der Waals surface area contributed by atoms with Gasteiger partial charge in [-0.05, 0) is 53.9 Å². The van der Waals surface area contributed by atoms with E-state index < -0.39 is 0 Å². The maximum Gasteiger partial charge on any atom is 0.0991 e. The van der Waals surface area contributed by atoms with Crippen molar-refractivity contribution >= 4 is 16.6 Å². The Bertz CT molecular complexity index is 1130. The fourth-order valence-corrected chi connectivity index (χ4v) is 3.35. The van der Waals surface area contributed by atoms with Gasteiger partial charge in [0.15, 0.2) is 0 Å². The highest BCUT2D eigenvalue weighted by Crippen LogP contribution is 2.35. The molecule has 4 aromatic rings. The molecule has 0 spiro atoms. The number of hydrogen-bond donors (Lipinski definition) is 1. The Kier molecular flexibility index (Phi) is 3.91. The summed E-state index contributed by atoms with van der Waals surface area (Å²) in [4.78, 5) is 4.21. The summed E-state index contributed by atoms with van der Waals surface area (Å²) in [5, 5.41) is 10.4. The van der Waals surface area contributed by atoms with Crippen molar-refractivity contribution in [1.82, 2.24) is 9.55 Å². The summed E-state index contributed by atoms with van der Waals surface area (Å²) in [7, 11) is 0. The predicted molar refractivity (Wildman–Crippen MR) is 105 cm³/mol. The molecule has 0 atom stereocenters. The van der Waals surface area contributed by atoms with Crippen LogP contribution >= 0.6 is 0 Å². The van der Waals surface area contributed by atoms with Crippen molar-refractivity contribution in [1.29, 1.82) is 5.26 Å². The molecule has 26 heavy (non-hydrogen) atoms. The van der Waals surface area contributed by atoms with E-state index in [4.69, 9.17) is 5.73 Å². The van der Waals surface area contributed by atoms with E-state index >= 15 is 0 Å². The zero-order chi connectivity index (χ0) is 18.1. The van der Waals surface area contributed by atoms with Gasteiger partial charge in [-0.15, -0.1) is 0 Å². The first-order valence-corrected chi connectivity index (χ1v) is 8.45. The minimum Gasteiger partial charge on any atom is -0.398 e. The fraction of sp³-hybridized carbons (Fsp3) is 0.0909. The topological polar surface area (TPSA) is 67.6 Å². The van der Waals surface area contributed by atoms with Crippen LogP contribution in [0.5, 0.6) is 0 Å². The van der Waals surface area contributed by atoms with Crippen molar-refractivity contribution in [2.45, 2.75) is 13.5 Å². The van der Waals surface area contributed by atoms with Gasteiger partial charge < -0.3 is 10.3 Å². The summed E-state index contributed by atoms with van der Waals surface area (Å²) in [6.07, 6.45) is 5.79. The summed E-state index contributed by atoms with van der Waals surface area (Å²) in [5.74, 6) is 0. The number of nitrogens with zero attached hydrogens (tertiary/aromatic N) is 3. The molecule has 0 saturated carbocycles. The van der Waals surface area contributed by atoms with Gasteiger partial charge in [-0.2, -0.15) is 5.26 Å². The smallest absolute Gasteiger partial charge is 0.0991 e. The minimum absolute atomic E-state index is 0.652. The Balaban J connectivity index is 1.95. The number of pyridine rings is 1. The van der Waals surface area contributed by atoms with E-state index in [1.807, 2.05) is 49.5 Å². The average Bonchev–Trinajstić information content (AvgIpc) is 3.02. The largest absolute Gasteiger partial charge is 0.398 e. The van der Waals surface area contributed by atoms with Gasteiger partial charge in [-0.1, -0.05) is 18.2 Å². The second-order valence-corrected chi connectivity index (χ2v) is 6.40. The molecule has 2 heterocycles. The number of hydrogen-bond acceptors (Lipinski definition) is 3. The molecule has 2 aromatic heterocycles. The third-order valence-corrected chi connectivity index (χ3v) is 4.75. The second kappa shape index (κ2) is 6.38. The van der Waals surface area contributed by atoms with Crippen molar-refractivity contribution in [2.75, 3.05) is 5.73 Å². The molecule has 4 rings (SSSR count). The highest BCUT2D eigenvalue weighted by atomic mass is 15.0. The summed E-state index contributed by atoms with van der Waals surface area (Å²) < 4.78 is 2.20. The second-order valence-electron chi connectivity index (χ2n) is 6.40. The van der Waals surface area contributed by atoms with E-state index in [0.29, 0.717) is 5.56 Å². The Morgan fingerprint density at radius 1 is 1.12 bits per heavy atom. The van der Waals surface area contributed by atoms with Crippen molar-refractivity contribution in [2.24, 2.45) is 0 Å². The van der Waals surface area contributed by atoms with Gasteiger partial charge in [-0.25, -0.2) is 0 Å². The molecule has 0 radical (unpaired) electrons. The Morgan fingerprint density at radius 3 is 2.77 bits per heavy atom. The normalized spacial score (nSPS) is 10.8. The van der Waals surface area contributed by atoms with Crippen LogP contribution in [0.25, 0.3) is 22.0 Å². The number of nitrogens with two attached hydrogens (primary N) is 1. The third-order valence-electron chi connectivity index (χ3n) is 4.75. The molecule has 0 fully saturated rings. The third kappa shape index (κ3) is 2.70. The Morgan fingerprint density at radius 2 is 2.00 bits per heavy atom. The number of fused-ring (bicyclic) bond motifs is 1. The molecule has 126 valence electrons.